The van der Waals surface area contributed by atoms with Crippen molar-refractivity contribution in [3.05, 3.63) is 60.4 Å². The van der Waals surface area contributed by atoms with Gasteiger partial charge in [0.15, 0.2) is 0 Å². The van der Waals surface area contributed by atoms with Crippen molar-refractivity contribution in [2.75, 3.05) is 38.1 Å². The average molecular weight is 476 g/mol. The molecule has 0 aliphatic carbocycles. The maximum absolute atomic E-state index is 11.6. The predicted molar refractivity (Wildman–Crippen MR) is 132 cm³/mol. The van der Waals surface area contributed by atoms with E-state index in [1.807, 2.05) is 12.4 Å². The Bertz CT molecular complexity index is 1500. The summed E-state index contributed by atoms with van der Waals surface area (Å²) in [7, 11) is -1.58. The van der Waals surface area contributed by atoms with Crippen molar-refractivity contribution in [2.45, 2.75) is 11.5 Å². The third-order valence-electron chi connectivity index (χ3n) is 6.77. The number of sulfonamides is 1. The van der Waals surface area contributed by atoms with Crippen molar-refractivity contribution in [3.8, 4) is 28.0 Å². The fraction of sp³-hybridized carbons (Fsp3) is 0.240. The highest BCUT2D eigenvalue weighted by molar-refractivity contribution is 7.89. The van der Waals surface area contributed by atoms with Gasteiger partial charge in [0.05, 0.1) is 10.3 Å². The van der Waals surface area contributed by atoms with Crippen molar-refractivity contribution < 1.29 is 13.2 Å². The molecular weight excluding hydrogens is 450 g/mol. The van der Waals surface area contributed by atoms with Gasteiger partial charge < -0.3 is 19.5 Å². The number of nitrogens with two attached hydrogens (primary N) is 1. The van der Waals surface area contributed by atoms with Gasteiger partial charge in [0.25, 0.3) is 0 Å². The molecule has 2 aliphatic heterocycles. The highest BCUT2D eigenvalue weighted by atomic mass is 32.2. The van der Waals surface area contributed by atoms with Crippen molar-refractivity contribution in [1.29, 1.82) is 0 Å². The maximum Gasteiger partial charge on any atom is 0.238 e. The lowest BCUT2D eigenvalue weighted by Gasteiger charge is -2.34. The minimum absolute atomic E-state index is 0.0811. The van der Waals surface area contributed by atoms with Crippen LogP contribution >= 0.6 is 0 Å². The summed E-state index contributed by atoms with van der Waals surface area (Å²) in [6.07, 6.45) is 3.73. The minimum Gasteiger partial charge on any atom is -0.487 e. The maximum atomic E-state index is 11.6. The lowest BCUT2D eigenvalue weighted by Crippen LogP contribution is -2.44. The van der Waals surface area contributed by atoms with Crippen LogP contribution < -0.4 is 14.8 Å². The molecule has 174 valence electrons. The van der Waals surface area contributed by atoms with Crippen LogP contribution in [0.15, 0.2) is 59.8 Å². The van der Waals surface area contributed by atoms with Crippen LogP contribution in [0.1, 0.15) is 5.56 Å². The number of fused-ring (bicyclic) bond motifs is 5. The molecule has 4 heterocycles. The van der Waals surface area contributed by atoms with E-state index in [1.54, 1.807) is 12.1 Å². The number of benzene rings is 2. The SMILES string of the molecule is CN1CCN(c2ccc3c(c2)COc2c-3cnc3[nH]cc(-c4ccc(S(N)(=O)=O)cc4)c23)CC1. The lowest BCUT2D eigenvalue weighted by molar-refractivity contribution is 0.305. The molecule has 0 atom stereocenters. The number of pyridine rings is 1. The molecule has 9 heteroatoms. The first-order valence-corrected chi connectivity index (χ1v) is 12.8. The largest absolute Gasteiger partial charge is 0.487 e. The number of primary sulfonamides is 1. The zero-order chi connectivity index (χ0) is 23.4. The third kappa shape index (κ3) is 3.53. The van der Waals surface area contributed by atoms with Gasteiger partial charge in [-0.2, -0.15) is 0 Å². The molecule has 1 saturated heterocycles. The monoisotopic (exact) mass is 475 g/mol. The van der Waals surface area contributed by atoms with Gasteiger partial charge in [0.1, 0.15) is 18.0 Å². The Morgan fingerprint density at radius 3 is 2.50 bits per heavy atom. The summed E-state index contributed by atoms with van der Waals surface area (Å²) >= 11 is 0. The smallest absolute Gasteiger partial charge is 0.238 e. The molecule has 1 fully saturated rings. The zero-order valence-corrected chi connectivity index (χ0v) is 19.6. The van der Waals surface area contributed by atoms with Crippen molar-refractivity contribution in [2.24, 2.45) is 5.14 Å². The van der Waals surface area contributed by atoms with Gasteiger partial charge in [-0.3, -0.25) is 0 Å². The first-order valence-electron chi connectivity index (χ1n) is 11.2. The van der Waals surface area contributed by atoms with Gasteiger partial charge in [0, 0.05) is 55.4 Å². The van der Waals surface area contributed by atoms with E-state index < -0.39 is 10.0 Å². The second-order valence-corrected chi connectivity index (χ2v) is 10.5. The van der Waals surface area contributed by atoms with E-state index in [-0.39, 0.29) is 4.90 Å². The topological polar surface area (TPSA) is 105 Å². The molecule has 0 amide bonds. The molecule has 4 aromatic rings. The summed E-state index contributed by atoms with van der Waals surface area (Å²) in [5.74, 6) is 0.789. The number of nitrogens with one attached hydrogen (secondary N) is 1. The van der Waals surface area contributed by atoms with E-state index in [9.17, 15) is 8.42 Å². The van der Waals surface area contributed by atoms with Crippen LogP contribution in [0, 0.1) is 0 Å². The van der Waals surface area contributed by atoms with E-state index in [0.717, 1.165) is 70.8 Å². The third-order valence-corrected chi connectivity index (χ3v) is 7.70. The number of nitrogens with zero attached hydrogens (tertiary/aromatic N) is 3. The number of ether oxygens (including phenoxy) is 1. The van der Waals surface area contributed by atoms with E-state index in [2.05, 4.69) is 45.0 Å². The molecule has 34 heavy (non-hydrogen) atoms. The van der Waals surface area contributed by atoms with Crippen molar-refractivity contribution in [3.63, 3.8) is 0 Å². The van der Waals surface area contributed by atoms with Crippen LogP contribution in [0.5, 0.6) is 5.75 Å². The molecule has 2 aliphatic rings. The first-order chi connectivity index (χ1) is 16.4. The van der Waals surface area contributed by atoms with Crippen LogP contribution in [0.3, 0.4) is 0 Å². The van der Waals surface area contributed by atoms with Crippen molar-refractivity contribution >= 4 is 26.7 Å². The number of piperazine rings is 1. The second kappa shape index (κ2) is 7.83. The standard InChI is InChI=1S/C25H25N5O3S/c1-29-8-10-30(11-9-29)18-4-7-20-17(12-18)15-33-24-22(20)14-28-25-23(24)21(13-27-25)16-2-5-19(6-3-16)34(26,31)32/h2-7,12-14H,8-11,15H2,1H3,(H,27,28)(H2,26,31,32). The molecule has 2 aromatic carbocycles. The van der Waals surface area contributed by atoms with Crippen molar-refractivity contribution in [1.82, 2.24) is 14.9 Å². The summed E-state index contributed by atoms with van der Waals surface area (Å²) in [5, 5.41) is 6.13. The second-order valence-electron chi connectivity index (χ2n) is 8.92. The summed E-state index contributed by atoms with van der Waals surface area (Å²) in [6.45, 7) is 4.65. The number of H-pyrrole nitrogens is 1. The molecule has 0 bridgehead atoms. The predicted octanol–water partition coefficient (Wildman–Crippen LogP) is 3.19. The molecule has 8 nitrogen and oxygen atoms in total. The average Bonchev–Trinajstić information content (AvgIpc) is 3.28. The number of rotatable bonds is 3. The minimum atomic E-state index is -3.74. The summed E-state index contributed by atoms with van der Waals surface area (Å²) < 4.78 is 29.6. The van der Waals surface area contributed by atoms with Gasteiger partial charge >= 0.3 is 0 Å². The Morgan fingerprint density at radius 1 is 1.00 bits per heavy atom. The molecule has 0 radical (unpaired) electrons. The van der Waals surface area contributed by atoms with Crippen LogP contribution in [-0.2, 0) is 16.6 Å². The van der Waals surface area contributed by atoms with Gasteiger partial charge in [-0.15, -0.1) is 0 Å². The van der Waals surface area contributed by atoms with Gasteiger partial charge in [-0.25, -0.2) is 18.5 Å². The van der Waals surface area contributed by atoms with Crippen LogP contribution in [0.2, 0.25) is 0 Å². The van der Waals surface area contributed by atoms with Gasteiger partial charge in [-0.1, -0.05) is 18.2 Å². The Morgan fingerprint density at radius 2 is 1.76 bits per heavy atom. The fourth-order valence-corrected chi connectivity index (χ4v) is 5.35. The molecule has 0 spiro atoms. The fourth-order valence-electron chi connectivity index (χ4n) is 4.83. The first kappa shape index (κ1) is 21.2. The lowest BCUT2D eigenvalue weighted by atomic mass is 9.95. The Hall–Kier alpha value is -3.40. The van der Waals surface area contributed by atoms with E-state index in [1.165, 1.54) is 17.8 Å². The molecule has 6 rings (SSSR count). The normalized spacial score (nSPS) is 16.2. The number of aromatic amines is 1. The molecule has 0 unspecified atom stereocenters. The Balaban J connectivity index is 1.41. The highest BCUT2D eigenvalue weighted by Gasteiger charge is 2.25. The number of hydrogen-bond donors (Lipinski definition) is 2. The number of anilines is 1. The number of likely N-dealkylation sites (N-methyl/N-ethyl adjacent to an activating group) is 1. The summed E-state index contributed by atoms with van der Waals surface area (Å²) in [4.78, 5) is 12.7. The zero-order valence-electron chi connectivity index (χ0n) is 18.8. The van der Waals surface area contributed by atoms with Crippen LogP contribution in [0.25, 0.3) is 33.3 Å². The Labute approximate surface area is 198 Å². The van der Waals surface area contributed by atoms with E-state index >= 15 is 0 Å². The quantitative estimate of drug-likeness (QED) is 0.472. The molecule has 0 saturated carbocycles. The van der Waals surface area contributed by atoms with Gasteiger partial charge in [-0.05, 0) is 48.0 Å². The molecule has 2 aromatic heterocycles. The summed E-state index contributed by atoms with van der Waals surface area (Å²) in [5.41, 5.74) is 6.95. The highest BCUT2D eigenvalue weighted by Crippen LogP contribution is 2.45. The van der Waals surface area contributed by atoms with E-state index in [4.69, 9.17) is 9.88 Å². The summed E-state index contributed by atoms with van der Waals surface area (Å²) in [6, 6.07) is 13.1. The number of aromatic nitrogens is 2. The Kier molecular flexibility index (Phi) is 4.87. The molecular formula is C25H25N5O3S. The van der Waals surface area contributed by atoms with Crippen LogP contribution in [-0.4, -0.2) is 56.5 Å². The number of hydrogen-bond acceptors (Lipinski definition) is 6. The molecule has 3 N–H and O–H groups in total. The van der Waals surface area contributed by atoms with Crippen LogP contribution in [0.4, 0.5) is 5.69 Å². The van der Waals surface area contributed by atoms with E-state index in [0.29, 0.717) is 6.61 Å². The van der Waals surface area contributed by atoms with Gasteiger partial charge in [0.2, 0.25) is 10.0 Å².